The van der Waals surface area contributed by atoms with Crippen LogP contribution in [0.3, 0.4) is 0 Å². The van der Waals surface area contributed by atoms with E-state index in [-0.39, 0.29) is 11.7 Å². The lowest BCUT2D eigenvalue weighted by molar-refractivity contribution is 0.102. The SMILES string of the molecule is CSc1cc(F)c(-c2nc(C(=O)Nc3cnccc3N3C[C@H](C)C[C@H](N)C3)ccc2F)c(F)c1. The fourth-order valence-electron chi connectivity index (χ4n) is 4.18. The van der Waals surface area contributed by atoms with Crippen LogP contribution in [-0.4, -0.2) is 41.3 Å². The molecule has 2 atom stereocenters. The number of nitrogens with two attached hydrogens (primary N) is 1. The third-order valence-electron chi connectivity index (χ3n) is 5.65. The van der Waals surface area contributed by atoms with E-state index < -0.39 is 34.6 Å². The summed E-state index contributed by atoms with van der Waals surface area (Å²) in [6.45, 7) is 3.50. The van der Waals surface area contributed by atoms with Gasteiger partial charge in [0.05, 0.1) is 23.1 Å². The van der Waals surface area contributed by atoms with Crippen molar-refractivity contribution in [2.45, 2.75) is 24.3 Å². The summed E-state index contributed by atoms with van der Waals surface area (Å²) in [4.78, 5) is 23.5. The van der Waals surface area contributed by atoms with E-state index in [1.165, 1.54) is 6.20 Å². The molecule has 0 radical (unpaired) electrons. The number of rotatable bonds is 5. The minimum absolute atomic E-state index is 0.00378. The van der Waals surface area contributed by atoms with Gasteiger partial charge in [-0.05, 0) is 48.9 Å². The molecule has 1 aliphatic rings. The molecule has 1 saturated heterocycles. The molecule has 6 nitrogen and oxygen atoms in total. The molecule has 4 rings (SSSR count). The summed E-state index contributed by atoms with van der Waals surface area (Å²) >= 11 is 1.15. The van der Waals surface area contributed by atoms with Crippen LogP contribution in [-0.2, 0) is 0 Å². The van der Waals surface area contributed by atoms with Gasteiger partial charge in [-0.1, -0.05) is 6.92 Å². The normalized spacial score (nSPS) is 18.1. The highest BCUT2D eigenvalue weighted by molar-refractivity contribution is 7.98. The second-order valence-electron chi connectivity index (χ2n) is 8.35. The molecule has 2 aromatic heterocycles. The zero-order valence-electron chi connectivity index (χ0n) is 18.7. The van der Waals surface area contributed by atoms with Crippen molar-refractivity contribution in [1.29, 1.82) is 0 Å². The number of nitrogens with one attached hydrogen (secondary N) is 1. The van der Waals surface area contributed by atoms with Gasteiger partial charge in [0.25, 0.3) is 5.91 Å². The van der Waals surface area contributed by atoms with E-state index in [9.17, 15) is 18.0 Å². The quantitative estimate of drug-likeness (QED) is 0.507. The molecule has 0 saturated carbocycles. The molecule has 178 valence electrons. The fraction of sp³-hybridized carbons (Fsp3) is 0.292. The van der Waals surface area contributed by atoms with Crippen LogP contribution >= 0.6 is 11.8 Å². The molecule has 1 fully saturated rings. The van der Waals surface area contributed by atoms with E-state index in [1.54, 1.807) is 18.5 Å². The lowest BCUT2D eigenvalue weighted by Crippen LogP contribution is -2.46. The maximum atomic E-state index is 14.6. The van der Waals surface area contributed by atoms with Crippen LogP contribution in [0.2, 0.25) is 0 Å². The summed E-state index contributed by atoms with van der Waals surface area (Å²) in [5.41, 5.74) is 5.97. The van der Waals surface area contributed by atoms with E-state index in [0.29, 0.717) is 23.0 Å². The molecular formula is C24H24F3N5OS. The topological polar surface area (TPSA) is 84.1 Å². The Labute approximate surface area is 199 Å². The Morgan fingerprint density at radius 2 is 1.88 bits per heavy atom. The number of anilines is 2. The van der Waals surface area contributed by atoms with Gasteiger partial charge in [-0.3, -0.25) is 9.78 Å². The maximum Gasteiger partial charge on any atom is 0.274 e. The maximum absolute atomic E-state index is 14.6. The molecule has 1 aliphatic heterocycles. The second kappa shape index (κ2) is 10.0. The number of amides is 1. The van der Waals surface area contributed by atoms with Crippen LogP contribution < -0.4 is 16.0 Å². The largest absolute Gasteiger partial charge is 0.368 e. The number of carbonyl (C=O) groups is 1. The van der Waals surface area contributed by atoms with Gasteiger partial charge in [0.15, 0.2) is 0 Å². The van der Waals surface area contributed by atoms with Gasteiger partial charge in [0.2, 0.25) is 0 Å². The Morgan fingerprint density at radius 3 is 2.56 bits per heavy atom. The van der Waals surface area contributed by atoms with E-state index in [4.69, 9.17) is 5.73 Å². The van der Waals surface area contributed by atoms with Gasteiger partial charge in [-0.15, -0.1) is 11.8 Å². The van der Waals surface area contributed by atoms with Gasteiger partial charge in [-0.2, -0.15) is 0 Å². The van der Waals surface area contributed by atoms with Crippen molar-refractivity contribution < 1.29 is 18.0 Å². The first-order chi connectivity index (χ1) is 16.3. The van der Waals surface area contributed by atoms with Crippen molar-refractivity contribution in [2.24, 2.45) is 11.7 Å². The van der Waals surface area contributed by atoms with Crippen molar-refractivity contribution in [1.82, 2.24) is 9.97 Å². The summed E-state index contributed by atoms with van der Waals surface area (Å²) in [6.07, 6.45) is 5.70. The summed E-state index contributed by atoms with van der Waals surface area (Å²) in [5.74, 6) is -3.14. The van der Waals surface area contributed by atoms with Crippen molar-refractivity contribution >= 4 is 29.0 Å². The van der Waals surface area contributed by atoms with Crippen LogP contribution in [0.1, 0.15) is 23.8 Å². The molecule has 3 heterocycles. The fourth-order valence-corrected chi connectivity index (χ4v) is 4.62. The predicted molar refractivity (Wildman–Crippen MR) is 127 cm³/mol. The molecule has 0 aliphatic carbocycles. The standard InChI is InChI=1S/C24H24F3N5OS/c1-13-7-14(28)12-32(11-13)21-5-6-29-10-20(21)31-24(33)19-4-3-16(25)23(30-19)22-17(26)8-15(34-2)9-18(22)27/h3-6,8-10,13-14H,7,11-12,28H2,1-2H3,(H,31,33)/t13-,14+/m1/s1. The van der Waals surface area contributed by atoms with Crippen LogP contribution in [0.5, 0.6) is 0 Å². The number of pyridine rings is 2. The average molecular weight is 488 g/mol. The van der Waals surface area contributed by atoms with E-state index >= 15 is 0 Å². The Morgan fingerprint density at radius 1 is 1.15 bits per heavy atom. The Hall–Kier alpha value is -3.11. The summed E-state index contributed by atoms with van der Waals surface area (Å²) in [7, 11) is 0. The van der Waals surface area contributed by atoms with Gasteiger partial charge in [-0.25, -0.2) is 18.2 Å². The zero-order valence-corrected chi connectivity index (χ0v) is 19.5. The van der Waals surface area contributed by atoms with Crippen molar-refractivity contribution in [3.63, 3.8) is 0 Å². The first-order valence-corrected chi connectivity index (χ1v) is 11.9. The average Bonchev–Trinajstić information content (AvgIpc) is 2.79. The summed E-state index contributed by atoms with van der Waals surface area (Å²) in [6, 6.07) is 6.11. The smallest absolute Gasteiger partial charge is 0.274 e. The predicted octanol–water partition coefficient (Wildman–Crippen LogP) is 4.71. The minimum Gasteiger partial charge on any atom is -0.368 e. The number of piperidine rings is 1. The van der Waals surface area contributed by atoms with Crippen LogP contribution in [0.15, 0.2) is 47.6 Å². The molecule has 0 spiro atoms. The Balaban J connectivity index is 1.64. The van der Waals surface area contributed by atoms with Crippen LogP contribution in [0.4, 0.5) is 24.5 Å². The molecule has 0 bridgehead atoms. The van der Waals surface area contributed by atoms with E-state index in [2.05, 4.69) is 27.1 Å². The highest BCUT2D eigenvalue weighted by atomic mass is 32.2. The molecule has 3 aromatic rings. The van der Waals surface area contributed by atoms with Crippen molar-refractivity contribution in [3.8, 4) is 11.3 Å². The molecular weight excluding hydrogens is 463 g/mol. The summed E-state index contributed by atoms with van der Waals surface area (Å²) < 4.78 is 43.7. The number of aromatic nitrogens is 2. The van der Waals surface area contributed by atoms with Crippen LogP contribution in [0.25, 0.3) is 11.3 Å². The molecule has 0 unspecified atom stereocenters. The van der Waals surface area contributed by atoms with Crippen molar-refractivity contribution in [3.05, 3.63) is 65.9 Å². The zero-order chi connectivity index (χ0) is 24.4. The number of nitrogens with zero attached hydrogens (tertiary/aromatic N) is 3. The number of hydrogen-bond acceptors (Lipinski definition) is 6. The van der Waals surface area contributed by atoms with Gasteiger partial charge >= 0.3 is 0 Å². The monoisotopic (exact) mass is 487 g/mol. The molecule has 1 amide bonds. The Kier molecular flexibility index (Phi) is 7.08. The first kappa shape index (κ1) is 24.0. The third kappa shape index (κ3) is 5.02. The number of halogens is 3. The summed E-state index contributed by atoms with van der Waals surface area (Å²) in [5, 5.41) is 2.74. The molecule has 3 N–H and O–H groups in total. The number of carbonyl (C=O) groups excluding carboxylic acids is 1. The molecule has 34 heavy (non-hydrogen) atoms. The van der Waals surface area contributed by atoms with E-state index in [1.807, 2.05) is 0 Å². The number of thioether (sulfide) groups is 1. The van der Waals surface area contributed by atoms with Gasteiger partial charge < -0.3 is 16.0 Å². The van der Waals surface area contributed by atoms with E-state index in [0.717, 1.165) is 54.7 Å². The van der Waals surface area contributed by atoms with Crippen LogP contribution in [0, 0.1) is 23.4 Å². The molecule has 10 heteroatoms. The van der Waals surface area contributed by atoms with Gasteiger partial charge in [0.1, 0.15) is 28.8 Å². The second-order valence-corrected chi connectivity index (χ2v) is 9.23. The molecule has 1 aromatic carbocycles. The highest BCUT2D eigenvalue weighted by Crippen LogP contribution is 2.32. The third-order valence-corrected chi connectivity index (χ3v) is 6.35. The number of hydrogen-bond donors (Lipinski definition) is 2. The number of benzene rings is 1. The highest BCUT2D eigenvalue weighted by Gasteiger charge is 2.25. The van der Waals surface area contributed by atoms with Gasteiger partial charge in [0, 0.05) is 30.2 Å². The lowest BCUT2D eigenvalue weighted by Gasteiger charge is -2.37. The Bertz CT molecular complexity index is 1190. The lowest BCUT2D eigenvalue weighted by atomic mass is 9.96. The van der Waals surface area contributed by atoms with Crippen molar-refractivity contribution in [2.75, 3.05) is 29.6 Å². The first-order valence-electron chi connectivity index (χ1n) is 10.7. The minimum atomic E-state index is -0.960.